The number of methoxy groups -OCH3 is 1. The average Bonchev–Trinajstić information content (AvgIpc) is 2.64. The predicted octanol–water partition coefficient (Wildman–Crippen LogP) is 5.79. The Labute approximate surface area is 162 Å². The van der Waals surface area contributed by atoms with Crippen LogP contribution in [0.1, 0.15) is 44.7 Å². The molecule has 2 aromatic rings. The molecule has 0 radical (unpaired) electrons. The highest BCUT2D eigenvalue weighted by Gasteiger charge is 2.21. The van der Waals surface area contributed by atoms with Crippen LogP contribution in [0.4, 0.5) is 5.69 Å². The Morgan fingerprint density at radius 3 is 2.59 bits per heavy atom. The summed E-state index contributed by atoms with van der Waals surface area (Å²) < 4.78 is 11.1. The minimum atomic E-state index is -0.208. The van der Waals surface area contributed by atoms with Crippen LogP contribution in [0.15, 0.2) is 54.0 Å². The van der Waals surface area contributed by atoms with E-state index >= 15 is 0 Å². The van der Waals surface area contributed by atoms with Gasteiger partial charge in [0.1, 0.15) is 17.2 Å². The van der Waals surface area contributed by atoms with Crippen molar-refractivity contribution >= 4 is 11.9 Å². The number of rotatable bonds is 8. The van der Waals surface area contributed by atoms with E-state index in [9.17, 15) is 5.11 Å². The van der Waals surface area contributed by atoms with E-state index in [0.29, 0.717) is 17.9 Å². The summed E-state index contributed by atoms with van der Waals surface area (Å²) in [5.41, 5.74) is 2.00. The highest BCUT2D eigenvalue weighted by atomic mass is 16.5. The van der Waals surface area contributed by atoms with Gasteiger partial charge in [-0.25, -0.2) is 0 Å². The van der Waals surface area contributed by atoms with Crippen molar-refractivity contribution < 1.29 is 14.6 Å². The molecule has 0 saturated carbocycles. The summed E-state index contributed by atoms with van der Waals surface area (Å²) in [5, 5.41) is 10.7. The van der Waals surface area contributed by atoms with Crippen molar-refractivity contribution in [3.63, 3.8) is 0 Å². The summed E-state index contributed by atoms with van der Waals surface area (Å²) in [6, 6.07) is 11.2. The van der Waals surface area contributed by atoms with Crippen LogP contribution in [0.5, 0.6) is 17.2 Å². The molecule has 4 nitrogen and oxygen atoms in total. The average molecular weight is 367 g/mol. The van der Waals surface area contributed by atoms with E-state index in [4.69, 9.17) is 9.47 Å². The first-order chi connectivity index (χ1) is 12.8. The fourth-order valence-electron chi connectivity index (χ4n) is 2.63. The van der Waals surface area contributed by atoms with Gasteiger partial charge in [0.2, 0.25) is 0 Å². The van der Waals surface area contributed by atoms with E-state index < -0.39 is 0 Å². The van der Waals surface area contributed by atoms with Gasteiger partial charge in [-0.1, -0.05) is 32.9 Å². The van der Waals surface area contributed by atoms with Crippen LogP contribution in [0.25, 0.3) is 0 Å². The SMILES string of the molecule is C=CCCCOc1cccc(N=Cc2cc(OC)cc(C(C)(C)C)c2O)c1. The lowest BCUT2D eigenvalue weighted by molar-refractivity contribution is 0.312. The zero-order valence-corrected chi connectivity index (χ0v) is 16.7. The van der Waals surface area contributed by atoms with Gasteiger partial charge in [-0.15, -0.1) is 6.58 Å². The van der Waals surface area contributed by atoms with E-state index in [-0.39, 0.29) is 11.2 Å². The number of aromatic hydroxyl groups is 1. The molecule has 144 valence electrons. The second kappa shape index (κ2) is 9.26. The zero-order chi connectivity index (χ0) is 19.9. The minimum absolute atomic E-state index is 0.208. The van der Waals surface area contributed by atoms with Crippen LogP contribution < -0.4 is 9.47 Å². The number of phenolic OH excluding ortho intramolecular Hbond substituents is 1. The maximum Gasteiger partial charge on any atom is 0.128 e. The van der Waals surface area contributed by atoms with Crippen LogP contribution in [0.3, 0.4) is 0 Å². The summed E-state index contributed by atoms with van der Waals surface area (Å²) in [4.78, 5) is 4.50. The highest BCUT2D eigenvalue weighted by molar-refractivity contribution is 5.87. The summed E-state index contributed by atoms with van der Waals surface area (Å²) >= 11 is 0. The molecule has 0 unspecified atom stereocenters. The normalized spacial score (nSPS) is 11.6. The molecule has 1 N–H and O–H groups in total. The summed E-state index contributed by atoms with van der Waals surface area (Å²) in [7, 11) is 1.62. The van der Waals surface area contributed by atoms with E-state index in [0.717, 1.165) is 29.8 Å². The second-order valence-corrected chi connectivity index (χ2v) is 7.40. The molecule has 0 fully saturated rings. The van der Waals surface area contributed by atoms with Crippen molar-refractivity contribution in [3.05, 3.63) is 60.2 Å². The maximum atomic E-state index is 10.7. The topological polar surface area (TPSA) is 51.0 Å². The molecular weight excluding hydrogens is 338 g/mol. The van der Waals surface area contributed by atoms with Crippen LogP contribution in [0.2, 0.25) is 0 Å². The zero-order valence-electron chi connectivity index (χ0n) is 16.7. The number of aliphatic imine (C=N–C) groups is 1. The third-order valence-corrected chi connectivity index (χ3v) is 4.15. The molecule has 0 aliphatic carbocycles. The van der Waals surface area contributed by atoms with Gasteiger partial charge in [-0.3, -0.25) is 4.99 Å². The van der Waals surface area contributed by atoms with Gasteiger partial charge >= 0.3 is 0 Å². The van der Waals surface area contributed by atoms with Crippen molar-refractivity contribution in [1.29, 1.82) is 0 Å². The van der Waals surface area contributed by atoms with Crippen molar-refractivity contribution in [2.75, 3.05) is 13.7 Å². The molecule has 2 rings (SSSR count). The fourth-order valence-corrected chi connectivity index (χ4v) is 2.63. The molecule has 0 heterocycles. The van der Waals surface area contributed by atoms with Gasteiger partial charge < -0.3 is 14.6 Å². The molecule has 0 saturated heterocycles. The van der Waals surface area contributed by atoms with Crippen molar-refractivity contribution in [3.8, 4) is 17.2 Å². The molecule has 0 aliphatic heterocycles. The summed E-state index contributed by atoms with van der Waals surface area (Å²) in [5.74, 6) is 1.70. The number of phenols is 1. The predicted molar refractivity (Wildman–Crippen MR) is 112 cm³/mol. The third-order valence-electron chi connectivity index (χ3n) is 4.15. The van der Waals surface area contributed by atoms with Gasteiger partial charge in [0, 0.05) is 23.4 Å². The molecule has 27 heavy (non-hydrogen) atoms. The Morgan fingerprint density at radius 1 is 1.15 bits per heavy atom. The Bertz CT molecular complexity index is 804. The highest BCUT2D eigenvalue weighted by Crippen LogP contribution is 2.36. The number of ether oxygens (including phenoxy) is 2. The van der Waals surface area contributed by atoms with Gasteiger partial charge in [0.25, 0.3) is 0 Å². The fraction of sp³-hybridized carbons (Fsp3) is 0.348. The number of benzene rings is 2. The van der Waals surface area contributed by atoms with E-state index in [1.165, 1.54) is 0 Å². The molecule has 2 aromatic carbocycles. The first kappa shape index (κ1) is 20.6. The lowest BCUT2D eigenvalue weighted by Gasteiger charge is -2.22. The lowest BCUT2D eigenvalue weighted by atomic mass is 9.85. The first-order valence-corrected chi connectivity index (χ1v) is 9.14. The molecular formula is C23H29NO3. The quantitative estimate of drug-likeness (QED) is 0.365. The van der Waals surface area contributed by atoms with Gasteiger partial charge in [-0.05, 0) is 42.5 Å². The molecule has 0 amide bonds. The van der Waals surface area contributed by atoms with E-state index in [1.807, 2.05) is 36.4 Å². The minimum Gasteiger partial charge on any atom is -0.507 e. The molecule has 4 heteroatoms. The molecule has 0 atom stereocenters. The van der Waals surface area contributed by atoms with Gasteiger partial charge in [0.05, 0.1) is 19.4 Å². The molecule has 0 aliphatic rings. The third kappa shape index (κ3) is 5.88. The van der Waals surface area contributed by atoms with Crippen LogP contribution in [-0.2, 0) is 5.41 Å². The first-order valence-electron chi connectivity index (χ1n) is 9.14. The largest absolute Gasteiger partial charge is 0.507 e. The second-order valence-electron chi connectivity index (χ2n) is 7.40. The smallest absolute Gasteiger partial charge is 0.128 e. The van der Waals surface area contributed by atoms with E-state index in [1.54, 1.807) is 19.4 Å². The number of hydrogen-bond donors (Lipinski definition) is 1. The number of unbranched alkanes of at least 4 members (excludes halogenated alkanes) is 1. The van der Waals surface area contributed by atoms with Gasteiger partial charge in [0.15, 0.2) is 0 Å². The molecule has 0 bridgehead atoms. The Hall–Kier alpha value is -2.75. The summed E-state index contributed by atoms with van der Waals surface area (Å²) in [6.45, 7) is 10.5. The lowest BCUT2D eigenvalue weighted by Crippen LogP contribution is -2.12. The van der Waals surface area contributed by atoms with Crippen LogP contribution in [0, 0.1) is 0 Å². The van der Waals surface area contributed by atoms with Crippen molar-refractivity contribution in [1.82, 2.24) is 0 Å². The molecule has 0 aromatic heterocycles. The molecule has 0 spiro atoms. The Balaban J connectivity index is 2.23. The Kier molecular flexibility index (Phi) is 7.05. The maximum absolute atomic E-state index is 10.7. The van der Waals surface area contributed by atoms with E-state index in [2.05, 4.69) is 32.3 Å². The monoisotopic (exact) mass is 367 g/mol. The number of nitrogens with zero attached hydrogens (tertiary/aromatic N) is 1. The number of allylic oxidation sites excluding steroid dienone is 1. The number of hydrogen-bond acceptors (Lipinski definition) is 4. The van der Waals surface area contributed by atoms with Crippen LogP contribution in [-0.4, -0.2) is 25.0 Å². The van der Waals surface area contributed by atoms with Crippen molar-refractivity contribution in [2.24, 2.45) is 4.99 Å². The Morgan fingerprint density at radius 2 is 1.93 bits per heavy atom. The van der Waals surface area contributed by atoms with Crippen LogP contribution >= 0.6 is 0 Å². The van der Waals surface area contributed by atoms with Gasteiger partial charge in [-0.2, -0.15) is 0 Å². The van der Waals surface area contributed by atoms with Crippen molar-refractivity contribution in [2.45, 2.75) is 39.0 Å². The standard InChI is InChI=1S/C23H29NO3/c1-6-7-8-12-27-19-11-9-10-18(14-19)24-16-17-13-20(26-5)15-21(22(17)25)23(2,3)4/h6,9-11,13-16,25H,1,7-8,12H2,2-5H3. The summed E-state index contributed by atoms with van der Waals surface area (Å²) in [6.07, 6.45) is 5.41.